The molecule has 0 aliphatic heterocycles. The van der Waals surface area contributed by atoms with Gasteiger partial charge in [-0.2, -0.15) is 5.26 Å². The van der Waals surface area contributed by atoms with Crippen molar-refractivity contribution in [2.45, 2.75) is 44.6 Å². The molecule has 1 N–H and O–H groups in total. The van der Waals surface area contributed by atoms with Crippen molar-refractivity contribution in [3.8, 4) is 6.07 Å². The van der Waals surface area contributed by atoms with Gasteiger partial charge in [-0.1, -0.05) is 6.92 Å². The lowest BCUT2D eigenvalue weighted by Crippen LogP contribution is -2.46. The largest absolute Gasteiger partial charge is 0.455 e. The van der Waals surface area contributed by atoms with E-state index in [0.717, 1.165) is 19.3 Å². The van der Waals surface area contributed by atoms with E-state index >= 15 is 0 Å². The summed E-state index contributed by atoms with van der Waals surface area (Å²) in [5, 5.41) is 11.8. The molecule has 5 heteroatoms. The fraction of sp³-hybridized carbons (Fsp3) is 0.769. The molecule has 0 heterocycles. The minimum absolute atomic E-state index is 0.0331. The van der Waals surface area contributed by atoms with E-state index in [9.17, 15) is 9.59 Å². The highest BCUT2D eigenvalue weighted by Gasteiger charge is 2.41. The van der Waals surface area contributed by atoms with E-state index in [1.54, 1.807) is 0 Å². The number of nitrogens with one attached hydrogen (secondary N) is 1. The molecule has 2 saturated carbocycles. The minimum atomic E-state index is -0.740. The first kappa shape index (κ1) is 12.9. The van der Waals surface area contributed by atoms with E-state index in [1.165, 1.54) is 0 Å². The van der Waals surface area contributed by atoms with Crippen molar-refractivity contribution in [1.82, 2.24) is 5.32 Å². The Balaban J connectivity index is 1.75. The van der Waals surface area contributed by atoms with Crippen LogP contribution in [0.1, 0.15) is 39.0 Å². The van der Waals surface area contributed by atoms with Crippen LogP contribution in [0.5, 0.6) is 0 Å². The molecule has 5 nitrogen and oxygen atoms in total. The van der Waals surface area contributed by atoms with E-state index in [2.05, 4.69) is 11.4 Å². The third kappa shape index (κ3) is 2.81. The first-order chi connectivity index (χ1) is 8.56. The van der Waals surface area contributed by atoms with Crippen molar-refractivity contribution >= 4 is 11.9 Å². The van der Waals surface area contributed by atoms with Crippen LogP contribution in [0.15, 0.2) is 0 Å². The molecular formula is C13H18N2O3. The third-order valence-electron chi connectivity index (χ3n) is 3.81. The number of esters is 1. The molecule has 2 atom stereocenters. The highest BCUT2D eigenvalue weighted by Crippen LogP contribution is 2.38. The molecule has 0 aromatic heterocycles. The molecule has 2 aliphatic rings. The molecular weight excluding hydrogens is 232 g/mol. The SMILES string of the molecule is C[C@@H]1C[C@H]1C(=O)OCC(=O)NC1(C#N)CCCC1. The number of carbonyl (C=O) groups excluding carboxylic acids is 2. The van der Waals surface area contributed by atoms with E-state index < -0.39 is 5.54 Å². The minimum Gasteiger partial charge on any atom is -0.455 e. The normalized spacial score (nSPS) is 28.2. The number of nitrogens with zero attached hydrogens (tertiary/aromatic N) is 1. The van der Waals surface area contributed by atoms with Crippen molar-refractivity contribution in [2.24, 2.45) is 11.8 Å². The maximum absolute atomic E-state index is 11.7. The molecule has 2 fully saturated rings. The van der Waals surface area contributed by atoms with Crippen molar-refractivity contribution in [2.75, 3.05) is 6.61 Å². The highest BCUT2D eigenvalue weighted by molar-refractivity contribution is 5.83. The van der Waals surface area contributed by atoms with Gasteiger partial charge in [-0.05, 0) is 38.0 Å². The second kappa shape index (κ2) is 4.97. The summed E-state index contributed by atoms with van der Waals surface area (Å²) in [4.78, 5) is 23.1. The number of rotatable bonds is 4. The molecule has 98 valence electrons. The molecule has 0 aromatic rings. The fourth-order valence-electron chi connectivity index (χ4n) is 2.44. The molecule has 0 saturated heterocycles. The van der Waals surface area contributed by atoms with Crippen LogP contribution >= 0.6 is 0 Å². The lowest BCUT2D eigenvalue weighted by atomic mass is 10.00. The Bertz CT molecular complexity index is 394. The number of hydrogen-bond acceptors (Lipinski definition) is 4. The lowest BCUT2D eigenvalue weighted by Gasteiger charge is -2.21. The van der Waals surface area contributed by atoms with Gasteiger partial charge < -0.3 is 10.1 Å². The Morgan fingerprint density at radius 1 is 1.44 bits per heavy atom. The molecule has 0 radical (unpaired) electrons. The molecule has 0 bridgehead atoms. The van der Waals surface area contributed by atoms with Crippen LogP contribution < -0.4 is 5.32 Å². The Kier molecular flexibility index (Phi) is 3.55. The molecule has 18 heavy (non-hydrogen) atoms. The Labute approximate surface area is 106 Å². The van der Waals surface area contributed by atoms with E-state index in [0.29, 0.717) is 18.8 Å². The van der Waals surface area contributed by atoms with Gasteiger partial charge in [0, 0.05) is 0 Å². The predicted octanol–water partition coefficient (Wildman–Crippen LogP) is 1.14. The maximum Gasteiger partial charge on any atom is 0.309 e. The summed E-state index contributed by atoms with van der Waals surface area (Å²) in [6.07, 6.45) is 4.12. The molecule has 0 unspecified atom stereocenters. The van der Waals surface area contributed by atoms with Gasteiger partial charge in [0.2, 0.25) is 0 Å². The number of hydrogen-bond donors (Lipinski definition) is 1. The van der Waals surface area contributed by atoms with E-state index in [4.69, 9.17) is 10.00 Å². The van der Waals surface area contributed by atoms with Crippen LogP contribution in [0.2, 0.25) is 0 Å². The van der Waals surface area contributed by atoms with Crippen LogP contribution in [0.4, 0.5) is 0 Å². The number of nitriles is 1. The number of ether oxygens (including phenoxy) is 1. The summed E-state index contributed by atoms with van der Waals surface area (Å²) in [6.45, 7) is 1.71. The van der Waals surface area contributed by atoms with Gasteiger partial charge in [0.15, 0.2) is 6.61 Å². The predicted molar refractivity (Wildman–Crippen MR) is 63.2 cm³/mol. The number of amides is 1. The molecule has 0 spiro atoms. The smallest absolute Gasteiger partial charge is 0.309 e. The average molecular weight is 250 g/mol. The standard InChI is InChI=1S/C13H18N2O3/c1-9-6-10(9)12(17)18-7-11(16)15-13(8-14)4-2-3-5-13/h9-10H,2-7H2,1H3,(H,15,16)/t9-,10-/m1/s1. The third-order valence-corrected chi connectivity index (χ3v) is 3.81. The summed E-state index contributed by atoms with van der Waals surface area (Å²) < 4.78 is 4.94. The Morgan fingerprint density at radius 2 is 2.06 bits per heavy atom. The first-order valence-electron chi connectivity index (χ1n) is 6.45. The maximum atomic E-state index is 11.7. The zero-order valence-corrected chi connectivity index (χ0v) is 10.6. The molecule has 1 amide bonds. The van der Waals surface area contributed by atoms with Crippen molar-refractivity contribution in [3.63, 3.8) is 0 Å². The van der Waals surface area contributed by atoms with E-state index in [-0.39, 0.29) is 24.4 Å². The van der Waals surface area contributed by atoms with Gasteiger partial charge in [-0.15, -0.1) is 0 Å². The van der Waals surface area contributed by atoms with Crippen LogP contribution in [0, 0.1) is 23.2 Å². The molecule has 0 aromatic carbocycles. The van der Waals surface area contributed by atoms with Gasteiger partial charge in [-0.25, -0.2) is 0 Å². The Morgan fingerprint density at radius 3 is 2.56 bits per heavy atom. The van der Waals surface area contributed by atoms with Crippen LogP contribution in [-0.4, -0.2) is 24.0 Å². The zero-order valence-electron chi connectivity index (χ0n) is 10.6. The highest BCUT2D eigenvalue weighted by atomic mass is 16.5. The van der Waals surface area contributed by atoms with Gasteiger partial charge >= 0.3 is 5.97 Å². The van der Waals surface area contributed by atoms with Crippen molar-refractivity contribution in [3.05, 3.63) is 0 Å². The summed E-state index contributed by atoms with van der Waals surface area (Å²) in [5.74, 6) is -0.328. The van der Waals surface area contributed by atoms with Crippen LogP contribution in [0.3, 0.4) is 0 Å². The fourth-order valence-corrected chi connectivity index (χ4v) is 2.44. The summed E-state index contributed by atoms with van der Waals surface area (Å²) >= 11 is 0. The zero-order chi connectivity index (χ0) is 13.2. The molecule has 2 rings (SSSR count). The Hall–Kier alpha value is -1.57. The quantitative estimate of drug-likeness (QED) is 0.759. The summed E-state index contributed by atoms with van der Waals surface area (Å²) in [6, 6.07) is 2.17. The number of carbonyl (C=O) groups is 2. The van der Waals surface area contributed by atoms with Gasteiger partial charge in [0.1, 0.15) is 5.54 Å². The van der Waals surface area contributed by atoms with Crippen LogP contribution in [0.25, 0.3) is 0 Å². The summed E-state index contributed by atoms with van der Waals surface area (Å²) in [7, 11) is 0. The van der Waals surface area contributed by atoms with Crippen molar-refractivity contribution in [1.29, 1.82) is 5.26 Å². The summed E-state index contributed by atoms with van der Waals surface area (Å²) in [5.41, 5.74) is -0.740. The van der Waals surface area contributed by atoms with Crippen LogP contribution in [-0.2, 0) is 14.3 Å². The monoisotopic (exact) mass is 250 g/mol. The first-order valence-corrected chi connectivity index (χ1v) is 6.45. The average Bonchev–Trinajstić information content (AvgIpc) is 2.90. The van der Waals surface area contributed by atoms with Gasteiger partial charge in [-0.3, -0.25) is 9.59 Å². The van der Waals surface area contributed by atoms with E-state index in [1.807, 2.05) is 6.92 Å². The topological polar surface area (TPSA) is 79.2 Å². The molecule has 2 aliphatic carbocycles. The second-order valence-corrected chi connectivity index (χ2v) is 5.38. The van der Waals surface area contributed by atoms with Crippen molar-refractivity contribution < 1.29 is 14.3 Å². The lowest BCUT2D eigenvalue weighted by molar-refractivity contribution is -0.150. The van der Waals surface area contributed by atoms with Gasteiger partial charge in [0.05, 0.1) is 12.0 Å². The van der Waals surface area contributed by atoms with Gasteiger partial charge in [0.25, 0.3) is 5.91 Å². The second-order valence-electron chi connectivity index (χ2n) is 5.38.